The SMILES string of the molecule is Cc1ccc(C)c(C(=O)Nc2nc(C)c(SCC(N)=O)s2)c1. The first-order valence-electron chi connectivity index (χ1n) is 6.64. The molecule has 0 fully saturated rings. The minimum absolute atomic E-state index is 0.179. The molecule has 0 aliphatic rings. The maximum atomic E-state index is 12.3. The van der Waals surface area contributed by atoms with Gasteiger partial charge in [-0.15, -0.1) is 11.8 Å². The second-order valence-corrected chi connectivity index (χ2v) is 7.16. The van der Waals surface area contributed by atoms with E-state index in [1.807, 2.05) is 39.0 Å². The Morgan fingerprint density at radius 3 is 2.73 bits per heavy atom. The Kier molecular flexibility index (Phi) is 5.20. The largest absolute Gasteiger partial charge is 0.369 e. The molecule has 0 saturated carbocycles. The van der Waals surface area contributed by atoms with Gasteiger partial charge >= 0.3 is 0 Å². The van der Waals surface area contributed by atoms with E-state index in [1.54, 1.807) is 0 Å². The van der Waals surface area contributed by atoms with Gasteiger partial charge in [0, 0.05) is 5.56 Å². The number of thiazole rings is 1. The van der Waals surface area contributed by atoms with Crippen LogP contribution < -0.4 is 11.1 Å². The smallest absolute Gasteiger partial charge is 0.257 e. The lowest BCUT2D eigenvalue weighted by molar-refractivity contribution is -0.115. The van der Waals surface area contributed by atoms with Crippen molar-refractivity contribution in [3.8, 4) is 0 Å². The fourth-order valence-electron chi connectivity index (χ4n) is 1.85. The normalized spacial score (nSPS) is 10.5. The first-order valence-corrected chi connectivity index (χ1v) is 8.44. The van der Waals surface area contributed by atoms with Crippen molar-refractivity contribution in [1.29, 1.82) is 0 Å². The van der Waals surface area contributed by atoms with Gasteiger partial charge in [0.2, 0.25) is 5.91 Å². The third-order valence-electron chi connectivity index (χ3n) is 2.96. The minimum atomic E-state index is -0.376. The van der Waals surface area contributed by atoms with Crippen molar-refractivity contribution in [2.75, 3.05) is 11.1 Å². The molecule has 22 heavy (non-hydrogen) atoms. The van der Waals surface area contributed by atoms with Crippen LogP contribution in [0.4, 0.5) is 5.13 Å². The lowest BCUT2D eigenvalue weighted by Crippen LogP contribution is -2.13. The fraction of sp³-hybridized carbons (Fsp3) is 0.267. The molecule has 5 nitrogen and oxygen atoms in total. The number of thioether (sulfide) groups is 1. The molecule has 0 aliphatic heterocycles. The minimum Gasteiger partial charge on any atom is -0.369 e. The molecule has 116 valence electrons. The molecule has 2 amide bonds. The van der Waals surface area contributed by atoms with Crippen molar-refractivity contribution in [3.63, 3.8) is 0 Å². The summed E-state index contributed by atoms with van der Waals surface area (Å²) < 4.78 is 0.884. The molecular weight excluding hydrogens is 318 g/mol. The third-order valence-corrected chi connectivity index (χ3v) is 5.42. The zero-order valence-electron chi connectivity index (χ0n) is 12.6. The summed E-state index contributed by atoms with van der Waals surface area (Å²) in [5.41, 5.74) is 8.51. The van der Waals surface area contributed by atoms with Crippen LogP contribution in [0.1, 0.15) is 27.2 Å². The first kappa shape index (κ1) is 16.5. The zero-order chi connectivity index (χ0) is 16.3. The highest BCUT2D eigenvalue weighted by Crippen LogP contribution is 2.32. The van der Waals surface area contributed by atoms with Crippen molar-refractivity contribution in [2.45, 2.75) is 25.0 Å². The standard InChI is InChI=1S/C15H17N3O2S2/c1-8-4-5-9(2)11(6-8)13(20)18-15-17-10(3)14(22-15)21-7-12(16)19/h4-6H,7H2,1-3H3,(H2,16,19)(H,17,18,20). The molecule has 1 aromatic heterocycles. The van der Waals surface area contributed by atoms with Crippen LogP contribution in [-0.2, 0) is 4.79 Å². The maximum Gasteiger partial charge on any atom is 0.257 e. The van der Waals surface area contributed by atoms with Gasteiger partial charge in [0.1, 0.15) is 0 Å². The Morgan fingerprint density at radius 1 is 1.32 bits per heavy atom. The Balaban J connectivity index is 2.13. The number of rotatable bonds is 5. The predicted molar refractivity (Wildman–Crippen MR) is 90.6 cm³/mol. The second-order valence-electron chi connectivity index (χ2n) is 4.92. The van der Waals surface area contributed by atoms with Crippen LogP contribution in [0.3, 0.4) is 0 Å². The van der Waals surface area contributed by atoms with Gasteiger partial charge in [0.15, 0.2) is 5.13 Å². The average Bonchev–Trinajstić information content (AvgIpc) is 2.79. The second kappa shape index (κ2) is 6.93. The highest BCUT2D eigenvalue weighted by atomic mass is 32.2. The molecule has 3 N–H and O–H groups in total. The van der Waals surface area contributed by atoms with Crippen molar-refractivity contribution < 1.29 is 9.59 Å². The van der Waals surface area contributed by atoms with E-state index in [9.17, 15) is 9.59 Å². The maximum absolute atomic E-state index is 12.3. The van der Waals surface area contributed by atoms with E-state index in [0.717, 1.165) is 21.0 Å². The van der Waals surface area contributed by atoms with Crippen LogP contribution in [0.2, 0.25) is 0 Å². The van der Waals surface area contributed by atoms with Crippen LogP contribution in [0, 0.1) is 20.8 Å². The van der Waals surface area contributed by atoms with Crippen LogP contribution in [0.5, 0.6) is 0 Å². The summed E-state index contributed by atoms with van der Waals surface area (Å²) in [6, 6.07) is 5.75. The number of nitrogens with two attached hydrogens (primary N) is 1. The number of hydrogen-bond acceptors (Lipinski definition) is 5. The summed E-state index contributed by atoms with van der Waals surface area (Å²) in [4.78, 5) is 27.5. The van der Waals surface area contributed by atoms with Gasteiger partial charge in [-0.05, 0) is 32.4 Å². The van der Waals surface area contributed by atoms with Crippen molar-refractivity contribution in [1.82, 2.24) is 4.98 Å². The van der Waals surface area contributed by atoms with Gasteiger partial charge in [-0.3, -0.25) is 14.9 Å². The summed E-state index contributed by atoms with van der Waals surface area (Å²) >= 11 is 2.68. The quantitative estimate of drug-likeness (QED) is 0.823. The fourth-order valence-corrected chi connectivity index (χ4v) is 3.72. The number of carbonyl (C=O) groups is 2. The molecule has 2 rings (SSSR count). The number of primary amides is 1. The number of hydrogen-bond donors (Lipinski definition) is 2. The lowest BCUT2D eigenvalue weighted by atomic mass is 10.1. The Hall–Kier alpha value is -1.86. The summed E-state index contributed by atoms with van der Waals surface area (Å²) in [5.74, 6) is -0.354. The highest BCUT2D eigenvalue weighted by molar-refractivity contribution is 8.01. The van der Waals surface area contributed by atoms with E-state index < -0.39 is 0 Å². The topological polar surface area (TPSA) is 85.1 Å². The Labute approximate surface area is 137 Å². The molecule has 1 heterocycles. The molecule has 0 atom stereocenters. The molecule has 0 radical (unpaired) electrons. The number of anilines is 1. The molecule has 0 spiro atoms. The molecule has 0 unspecified atom stereocenters. The van der Waals surface area contributed by atoms with Crippen molar-refractivity contribution in [2.24, 2.45) is 5.73 Å². The number of benzene rings is 1. The number of aryl methyl sites for hydroxylation is 3. The van der Waals surface area contributed by atoms with Gasteiger partial charge in [0.05, 0.1) is 15.7 Å². The van der Waals surface area contributed by atoms with Gasteiger partial charge in [-0.2, -0.15) is 0 Å². The predicted octanol–water partition coefficient (Wildman–Crippen LogP) is 2.90. The van der Waals surface area contributed by atoms with E-state index in [0.29, 0.717) is 10.7 Å². The summed E-state index contributed by atoms with van der Waals surface area (Å²) in [6.45, 7) is 5.69. The summed E-state index contributed by atoms with van der Waals surface area (Å²) in [6.07, 6.45) is 0. The Morgan fingerprint density at radius 2 is 2.05 bits per heavy atom. The van der Waals surface area contributed by atoms with Crippen LogP contribution in [0.15, 0.2) is 22.4 Å². The molecular formula is C15H17N3O2S2. The molecule has 7 heteroatoms. The molecule has 2 aromatic rings. The van der Waals surface area contributed by atoms with Gasteiger partial charge in [0.25, 0.3) is 5.91 Å². The van der Waals surface area contributed by atoms with Crippen LogP contribution >= 0.6 is 23.1 Å². The van der Waals surface area contributed by atoms with Crippen LogP contribution in [-0.4, -0.2) is 22.6 Å². The zero-order valence-corrected chi connectivity index (χ0v) is 14.2. The molecule has 0 bridgehead atoms. The molecule has 1 aromatic carbocycles. The number of nitrogens with zero attached hydrogens (tertiary/aromatic N) is 1. The third kappa shape index (κ3) is 4.08. The van der Waals surface area contributed by atoms with Gasteiger partial charge in [-0.25, -0.2) is 4.98 Å². The molecule has 0 aliphatic carbocycles. The van der Waals surface area contributed by atoms with E-state index in [-0.39, 0.29) is 17.6 Å². The number of nitrogens with one attached hydrogen (secondary N) is 1. The number of amides is 2. The number of aromatic nitrogens is 1. The van der Waals surface area contributed by atoms with Crippen molar-refractivity contribution >= 4 is 40.0 Å². The molecule has 0 saturated heterocycles. The van der Waals surface area contributed by atoms with E-state index in [2.05, 4.69) is 10.3 Å². The number of carbonyl (C=O) groups excluding carboxylic acids is 2. The van der Waals surface area contributed by atoms with Gasteiger partial charge in [-0.1, -0.05) is 29.0 Å². The van der Waals surface area contributed by atoms with E-state index in [1.165, 1.54) is 23.1 Å². The summed E-state index contributed by atoms with van der Waals surface area (Å²) in [5, 5.41) is 3.34. The highest BCUT2D eigenvalue weighted by Gasteiger charge is 2.14. The Bertz CT molecular complexity index is 726. The first-order chi connectivity index (χ1) is 10.4. The van der Waals surface area contributed by atoms with Crippen LogP contribution in [0.25, 0.3) is 0 Å². The van der Waals surface area contributed by atoms with Crippen molar-refractivity contribution in [3.05, 3.63) is 40.6 Å². The lowest BCUT2D eigenvalue weighted by Gasteiger charge is -2.06. The van der Waals surface area contributed by atoms with Gasteiger partial charge < -0.3 is 5.73 Å². The van der Waals surface area contributed by atoms with E-state index >= 15 is 0 Å². The monoisotopic (exact) mass is 335 g/mol. The van der Waals surface area contributed by atoms with E-state index in [4.69, 9.17) is 5.73 Å². The summed E-state index contributed by atoms with van der Waals surface area (Å²) in [7, 11) is 0. The average molecular weight is 335 g/mol.